The first-order valence-electron chi connectivity index (χ1n) is 5.46. The molecule has 0 amide bonds. The Morgan fingerprint density at radius 3 is 2.44 bits per heavy atom. The average Bonchev–Trinajstić information content (AvgIpc) is 2.22. The maximum Gasteiger partial charge on any atom is 0.488 e. The van der Waals surface area contributed by atoms with Crippen molar-refractivity contribution in [1.29, 1.82) is 0 Å². The van der Waals surface area contributed by atoms with Crippen LogP contribution in [0.25, 0.3) is 0 Å². The lowest BCUT2D eigenvalue weighted by molar-refractivity contribution is -0.136. The van der Waals surface area contributed by atoms with Crippen molar-refractivity contribution < 1.29 is 28.0 Å². The summed E-state index contributed by atoms with van der Waals surface area (Å²) in [5.74, 6) is 0.416. The summed E-state index contributed by atoms with van der Waals surface area (Å²) in [6.45, 7) is 1.64. The molecule has 2 N–H and O–H groups in total. The molecule has 1 rings (SSSR count). The molecule has 0 radical (unpaired) electrons. The van der Waals surface area contributed by atoms with Crippen molar-refractivity contribution in [1.82, 2.24) is 0 Å². The molecule has 18 heavy (non-hydrogen) atoms. The van der Waals surface area contributed by atoms with Crippen molar-refractivity contribution in [3.05, 3.63) is 23.8 Å². The van der Waals surface area contributed by atoms with Gasteiger partial charge in [0.15, 0.2) is 0 Å². The highest BCUT2D eigenvalue weighted by Gasteiger charge is 2.26. The van der Waals surface area contributed by atoms with Gasteiger partial charge in [-0.25, -0.2) is 0 Å². The Kier molecular flexibility index (Phi) is 5.04. The summed E-state index contributed by atoms with van der Waals surface area (Å²) in [6.07, 6.45) is -5.14. The predicted molar refractivity (Wildman–Crippen MR) is 61.8 cm³/mol. The van der Waals surface area contributed by atoms with Crippen LogP contribution in [-0.2, 0) is 0 Å². The third-order valence-electron chi connectivity index (χ3n) is 2.39. The zero-order valence-corrected chi connectivity index (χ0v) is 9.87. The standard InChI is InChI=1S/C11H14BF3O3/c1-8-7-9(3-4-10(8)12(16)17)18-6-2-5-11(13,14)15/h3-4,7,16-17H,2,5-6H2,1H3. The highest BCUT2D eigenvalue weighted by molar-refractivity contribution is 6.59. The van der Waals surface area contributed by atoms with Crippen LogP contribution in [0.15, 0.2) is 18.2 Å². The van der Waals surface area contributed by atoms with E-state index in [0.29, 0.717) is 16.8 Å². The molecule has 0 atom stereocenters. The van der Waals surface area contributed by atoms with Crippen LogP contribution in [0.2, 0.25) is 0 Å². The van der Waals surface area contributed by atoms with Gasteiger partial charge >= 0.3 is 13.3 Å². The lowest BCUT2D eigenvalue weighted by Crippen LogP contribution is -2.31. The maximum absolute atomic E-state index is 11.9. The number of hydrogen-bond acceptors (Lipinski definition) is 3. The first-order chi connectivity index (χ1) is 8.29. The van der Waals surface area contributed by atoms with Crippen LogP contribution in [0.4, 0.5) is 13.2 Å². The van der Waals surface area contributed by atoms with Crippen molar-refractivity contribution in [3.63, 3.8) is 0 Å². The van der Waals surface area contributed by atoms with Gasteiger partial charge in [-0.2, -0.15) is 13.2 Å². The molecule has 0 unspecified atom stereocenters. The van der Waals surface area contributed by atoms with Crippen LogP contribution in [-0.4, -0.2) is 29.9 Å². The third kappa shape index (κ3) is 4.97. The van der Waals surface area contributed by atoms with Gasteiger partial charge in [-0.3, -0.25) is 0 Å². The first-order valence-corrected chi connectivity index (χ1v) is 5.46. The largest absolute Gasteiger partial charge is 0.494 e. The fourth-order valence-corrected chi connectivity index (χ4v) is 1.49. The van der Waals surface area contributed by atoms with Gasteiger partial charge in [-0.1, -0.05) is 6.07 Å². The monoisotopic (exact) mass is 262 g/mol. The molecule has 0 saturated heterocycles. The van der Waals surface area contributed by atoms with E-state index in [2.05, 4.69) is 0 Å². The second kappa shape index (κ2) is 6.11. The molecule has 0 saturated carbocycles. The minimum absolute atomic E-state index is 0.0278. The highest BCUT2D eigenvalue weighted by Crippen LogP contribution is 2.21. The molecule has 0 aliphatic heterocycles. The van der Waals surface area contributed by atoms with Gasteiger partial charge in [0.05, 0.1) is 6.61 Å². The van der Waals surface area contributed by atoms with E-state index < -0.39 is 19.7 Å². The molecule has 0 fully saturated rings. The second-order valence-electron chi connectivity index (χ2n) is 3.96. The van der Waals surface area contributed by atoms with E-state index in [1.807, 2.05) is 0 Å². The molecule has 0 spiro atoms. The number of hydrogen-bond donors (Lipinski definition) is 2. The SMILES string of the molecule is Cc1cc(OCCCC(F)(F)F)ccc1B(O)O. The van der Waals surface area contributed by atoms with Crippen molar-refractivity contribution in [2.45, 2.75) is 25.9 Å². The van der Waals surface area contributed by atoms with Gasteiger partial charge in [-0.05, 0) is 36.5 Å². The van der Waals surface area contributed by atoms with Crippen molar-refractivity contribution in [2.24, 2.45) is 0 Å². The molecule has 0 aliphatic carbocycles. The van der Waals surface area contributed by atoms with Crippen molar-refractivity contribution >= 4 is 12.6 Å². The fourth-order valence-electron chi connectivity index (χ4n) is 1.49. The zero-order chi connectivity index (χ0) is 13.8. The fraction of sp³-hybridized carbons (Fsp3) is 0.455. The molecular weight excluding hydrogens is 248 g/mol. The van der Waals surface area contributed by atoms with Crippen LogP contribution in [0, 0.1) is 6.92 Å². The van der Waals surface area contributed by atoms with E-state index in [9.17, 15) is 13.2 Å². The zero-order valence-electron chi connectivity index (χ0n) is 9.87. The molecule has 3 nitrogen and oxygen atoms in total. The Hall–Kier alpha value is -1.21. The Labute approximate surface area is 103 Å². The number of ether oxygens (including phenoxy) is 1. The van der Waals surface area contributed by atoms with Crippen LogP contribution < -0.4 is 10.2 Å². The third-order valence-corrected chi connectivity index (χ3v) is 2.39. The summed E-state index contributed by atoms with van der Waals surface area (Å²) in [4.78, 5) is 0. The maximum atomic E-state index is 11.9. The normalized spacial score (nSPS) is 11.4. The molecule has 100 valence electrons. The van der Waals surface area contributed by atoms with Gasteiger partial charge in [-0.15, -0.1) is 0 Å². The Morgan fingerprint density at radius 2 is 1.94 bits per heavy atom. The topological polar surface area (TPSA) is 49.7 Å². The summed E-state index contributed by atoms with van der Waals surface area (Å²) in [6, 6.07) is 4.52. The molecular formula is C11H14BF3O3. The molecule has 0 aliphatic rings. The molecule has 7 heteroatoms. The van der Waals surface area contributed by atoms with E-state index in [0.717, 1.165) is 0 Å². The number of benzene rings is 1. The van der Waals surface area contributed by atoms with Gasteiger partial charge in [0.2, 0.25) is 0 Å². The molecule has 0 aromatic heterocycles. The minimum atomic E-state index is -4.16. The number of alkyl halides is 3. The summed E-state index contributed by atoms with van der Waals surface area (Å²) in [5.41, 5.74) is 0.955. The highest BCUT2D eigenvalue weighted by atomic mass is 19.4. The van der Waals surface area contributed by atoms with E-state index in [1.54, 1.807) is 13.0 Å². The lowest BCUT2D eigenvalue weighted by atomic mass is 9.77. The summed E-state index contributed by atoms with van der Waals surface area (Å²) in [7, 11) is -1.57. The lowest BCUT2D eigenvalue weighted by Gasteiger charge is -2.10. The van der Waals surface area contributed by atoms with E-state index in [-0.39, 0.29) is 13.0 Å². The Morgan fingerprint density at radius 1 is 1.28 bits per heavy atom. The van der Waals surface area contributed by atoms with E-state index in [4.69, 9.17) is 14.8 Å². The van der Waals surface area contributed by atoms with Crippen molar-refractivity contribution in [2.75, 3.05) is 6.61 Å². The number of rotatable bonds is 5. The van der Waals surface area contributed by atoms with Crippen molar-refractivity contribution in [3.8, 4) is 5.75 Å². The summed E-state index contributed by atoms with van der Waals surface area (Å²) >= 11 is 0. The molecule has 0 heterocycles. The van der Waals surface area contributed by atoms with Crippen LogP contribution >= 0.6 is 0 Å². The van der Waals surface area contributed by atoms with Crippen LogP contribution in [0.3, 0.4) is 0 Å². The van der Waals surface area contributed by atoms with Crippen LogP contribution in [0.5, 0.6) is 5.75 Å². The van der Waals surface area contributed by atoms with Gasteiger partial charge in [0.25, 0.3) is 0 Å². The van der Waals surface area contributed by atoms with Gasteiger partial charge < -0.3 is 14.8 Å². The first kappa shape index (κ1) is 14.9. The molecule has 1 aromatic rings. The molecule has 0 bridgehead atoms. The Balaban J connectivity index is 2.47. The average molecular weight is 262 g/mol. The number of aryl methyl sites for hydroxylation is 1. The molecule has 1 aromatic carbocycles. The van der Waals surface area contributed by atoms with E-state index >= 15 is 0 Å². The van der Waals surface area contributed by atoms with Crippen LogP contribution in [0.1, 0.15) is 18.4 Å². The number of halogens is 3. The van der Waals surface area contributed by atoms with Gasteiger partial charge in [0.1, 0.15) is 5.75 Å². The van der Waals surface area contributed by atoms with Gasteiger partial charge in [0, 0.05) is 6.42 Å². The Bertz CT molecular complexity index is 394. The quantitative estimate of drug-likeness (QED) is 0.622. The van der Waals surface area contributed by atoms with E-state index in [1.165, 1.54) is 12.1 Å². The predicted octanol–water partition coefficient (Wildman–Crippen LogP) is 1.40. The summed E-state index contributed by atoms with van der Waals surface area (Å²) < 4.78 is 40.8. The second-order valence-corrected chi connectivity index (χ2v) is 3.96. The summed E-state index contributed by atoms with van der Waals surface area (Å²) in [5, 5.41) is 18.0. The minimum Gasteiger partial charge on any atom is -0.494 e. The smallest absolute Gasteiger partial charge is 0.488 e.